The summed E-state index contributed by atoms with van der Waals surface area (Å²) in [5, 5.41) is 9.94. The van der Waals surface area contributed by atoms with Gasteiger partial charge in [-0.25, -0.2) is 9.37 Å². The van der Waals surface area contributed by atoms with E-state index >= 15 is 0 Å². The molecule has 0 saturated carbocycles. The third kappa shape index (κ3) is 3.61. The number of aromatic nitrogens is 1. The van der Waals surface area contributed by atoms with Crippen LogP contribution in [0.25, 0.3) is 0 Å². The van der Waals surface area contributed by atoms with Crippen LogP contribution in [0.3, 0.4) is 0 Å². The van der Waals surface area contributed by atoms with Gasteiger partial charge in [0.2, 0.25) is 0 Å². The molecule has 2 heterocycles. The summed E-state index contributed by atoms with van der Waals surface area (Å²) in [5.74, 6) is -0.751. The lowest BCUT2D eigenvalue weighted by Crippen LogP contribution is -2.48. The summed E-state index contributed by atoms with van der Waals surface area (Å²) in [6.07, 6.45) is 1.90. The molecule has 1 aliphatic heterocycles. The number of halogens is 1. The van der Waals surface area contributed by atoms with Gasteiger partial charge in [0, 0.05) is 49.4 Å². The summed E-state index contributed by atoms with van der Waals surface area (Å²) in [4.78, 5) is 22.0. The smallest absolute Gasteiger partial charge is 0.253 e. The van der Waals surface area contributed by atoms with Gasteiger partial charge < -0.3 is 4.90 Å². The number of nitriles is 1. The van der Waals surface area contributed by atoms with Crippen LogP contribution in [0, 0.1) is 24.1 Å². The highest BCUT2D eigenvalue weighted by Gasteiger charge is 2.23. The fourth-order valence-corrected chi connectivity index (χ4v) is 3.57. The Morgan fingerprint density at radius 3 is 2.75 bits per heavy atom. The van der Waals surface area contributed by atoms with E-state index in [2.05, 4.69) is 9.88 Å². The molecule has 1 aromatic heterocycles. The lowest BCUT2D eigenvalue weighted by molar-refractivity contribution is 0.0629. The van der Waals surface area contributed by atoms with Crippen LogP contribution in [0.1, 0.15) is 25.8 Å². The predicted octanol–water partition coefficient (Wildman–Crippen LogP) is 2.42. The van der Waals surface area contributed by atoms with Crippen molar-refractivity contribution in [2.45, 2.75) is 13.5 Å². The number of amides is 1. The Kier molecular flexibility index (Phi) is 4.88. The third-order valence-corrected chi connectivity index (χ3v) is 4.94. The van der Waals surface area contributed by atoms with Gasteiger partial charge >= 0.3 is 0 Å². The van der Waals surface area contributed by atoms with Crippen molar-refractivity contribution in [1.82, 2.24) is 14.8 Å². The zero-order chi connectivity index (χ0) is 17.1. The average molecular weight is 344 g/mol. The van der Waals surface area contributed by atoms with Gasteiger partial charge in [-0.1, -0.05) is 0 Å². The van der Waals surface area contributed by atoms with E-state index in [4.69, 9.17) is 5.26 Å². The highest BCUT2D eigenvalue weighted by molar-refractivity contribution is 7.11. The maximum absolute atomic E-state index is 13.4. The van der Waals surface area contributed by atoms with Crippen molar-refractivity contribution in [2.75, 3.05) is 26.2 Å². The molecular weight excluding hydrogens is 327 g/mol. The van der Waals surface area contributed by atoms with Crippen molar-refractivity contribution in [3.8, 4) is 6.07 Å². The molecule has 0 aliphatic carbocycles. The van der Waals surface area contributed by atoms with Crippen molar-refractivity contribution >= 4 is 17.2 Å². The molecule has 24 heavy (non-hydrogen) atoms. The van der Waals surface area contributed by atoms with Gasteiger partial charge in [0.25, 0.3) is 5.91 Å². The van der Waals surface area contributed by atoms with Crippen LogP contribution in [0.4, 0.5) is 4.39 Å². The largest absolute Gasteiger partial charge is 0.336 e. The number of benzene rings is 1. The molecule has 5 nitrogen and oxygen atoms in total. The molecule has 0 atom stereocenters. The predicted molar refractivity (Wildman–Crippen MR) is 89.1 cm³/mol. The Morgan fingerprint density at radius 2 is 2.12 bits per heavy atom. The van der Waals surface area contributed by atoms with Crippen LogP contribution >= 0.6 is 11.3 Å². The van der Waals surface area contributed by atoms with Crippen molar-refractivity contribution in [3.05, 3.63) is 51.2 Å². The van der Waals surface area contributed by atoms with E-state index in [0.717, 1.165) is 24.6 Å². The van der Waals surface area contributed by atoms with Gasteiger partial charge in [-0.2, -0.15) is 5.26 Å². The second-order valence-electron chi connectivity index (χ2n) is 5.72. The quantitative estimate of drug-likeness (QED) is 0.858. The maximum Gasteiger partial charge on any atom is 0.253 e. The van der Waals surface area contributed by atoms with E-state index in [9.17, 15) is 9.18 Å². The number of aryl methyl sites for hydroxylation is 1. The highest BCUT2D eigenvalue weighted by atomic mass is 32.1. The molecule has 1 aromatic carbocycles. The Hall–Kier alpha value is -2.30. The first-order valence-electron chi connectivity index (χ1n) is 7.69. The first-order valence-corrected chi connectivity index (χ1v) is 8.51. The molecule has 1 aliphatic rings. The zero-order valence-corrected chi connectivity index (χ0v) is 14.1. The Bertz CT molecular complexity index is 790. The van der Waals surface area contributed by atoms with Gasteiger partial charge in [0.1, 0.15) is 11.9 Å². The summed E-state index contributed by atoms with van der Waals surface area (Å²) in [7, 11) is 0. The Balaban J connectivity index is 1.60. The monoisotopic (exact) mass is 344 g/mol. The minimum absolute atomic E-state index is 0.0972. The van der Waals surface area contributed by atoms with Crippen molar-refractivity contribution in [2.24, 2.45) is 0 Å². The molecule has 7 heteroatoms. The molecule has 1 saturated heterocycles. The second-order valence-corrected chi connectivity index (χ2v) is 7.04. The summed E-state index contributed by atoms with van der Waals surface area (Å²) in [6.45, 7) is 5.65. The number of hydrogen-bond donors (Lipinski definition) is 0. The molecule has 1 amide bonds. The standard InChI is InChI=1S/C17H17FN4OS/c1-12-20-10-15(24-12)11-21-4-6-22(7-5-21)17(23)13-2-3-16(18)14(8-13)9-19/h2-3,8,10H,4-7,11H2,1H3. The number of nitrogens with zero attached hydrogens (tertiary/aromatic N) is 4. The van der Waals surface area contributed by atoms with E-state index in [0.29, 0.717) is 18.7 Å². The molecule has 1 fully saturated rings. The maximum atomic E-state index is 13.4. The van der Waals surface area contributed by atoms with Crippen LogP contribution in [0.15, 0.2) is 24.4 Å². The number of carbonyl (C=O) groups is 1. The molecule has 124 valence electrons. The zero-order valence-electron chi connectivity index (χ0n) is 13.3. The minimum atomic E-state index is -0.598. The number of carbonyl (C=O) groups excluding carboxylic acids is 1. The van der Waals surface area contributed by atoms with E-state index in [-0.39, 0.29) is 11.5 Å². The fraction of sp³-hybridized carbons (Fsp3) is 0.353. The van der Waals surface area contributed by atoms with Crippen LogP contribution in [-0.2, 0) is 6.54 Å². The van der Waals surface area contributed by atoms with E-state index in [1.54, 1.807) is 22.3 Å². The molecule has 0 unspecified atom stereocenters. The normalized spacial score (nSPS) is 15.3. The molecule has 3 rings (SSSR count). The summed E-state index contributed by atoms with van der Waals surface area (Å²) in [5.41, 5.74) is 0.263. The highest BCUT2D eigenvalue weighted by Crippen LogP contribution is 2.17. The molecule has 2 aromatic rings. The summed E-state index contributed by atoms with van der Waals surface area (Å²) >= 11 is 1.69. The van der Waals surface area contributed by atoms with Gasteiger partial charge in [-0.3, -0.25) is 9.69 Å². The van der Waals surface area contributed by atoms with Crippen LogP contribution in [0.5, 0.6) is 0 Å². The van der Waals surface area contributed by atoms with Crippen molar-refractivity contribution in [1.29, 1.82) is 5.26 Å². The lowest BCUT2D eigenvalue weighted by Gasteiger charge is -2.34. The SMILES string of the molecule is Cc1ncc(CN2CCN(C(=O)c3ccc(F)c(C#N)c3)CC2)s1. The first kappa shape index (κ1) is 16.6. The molecule has 0 bridgehead atoms. The molecular formula is C17H17FN4OS. The van der Waals surface area contributed by atoms with Gasteiger partial charge in [0.15, 0.2) is 0 Å². The number of hydrogen-bond acceptors (Lipinski definition) is 5. The third-order valence-electron chi connectivity index (χ3n) is 4.04. The first-order chi connectivity index (χ1) is 11.6. The van der Waals surface area contributed by atoms with E-state index < -0.39 is 5.82 Å². The summed E-state index contributed by atoms with van der Waals surface area (Å²) < 4.78 is 13.4. The van der Waals surface area contributed by atoms with Crippen molar-refractivity contribution in [3.63, 3.8) is 0 Å². The topological polar surface area (TPSA) is 60.2 Å². The molecule has 0 N–H and O–H groups in total. The number of rotatable bonds is 3. The van der Waals surface area contributed by atoms with Crippen LogP contribution < -0.4 is 0 Å². The Morgan fingerprint density at radius 1 is 1.38 bits per heavy atom. The van der Waals surface area contributed by atoms with Crippen LogP contribution in [-0.4, -0.2) is 46.9 Å². The van der Waals surface area contributed by atoms with Crippen LogP contribution in [0.2, 0.25) is 0 Å². The van der Waals surface area contributed by atoms with E-state index in [1.165, 1.54) is 23.1 Å². The number of piperazine rings is 1. The average Bonchev–Trinajstić information content (AvgIpc) is 3.00. The van der Waals surface area contributed by atoms with E-state index in [1.807, 2.05) is 13.1 Å². The lowest BCUT2D eigenvalue weighted by atomic mass is 10.1. The van der Waals surface area contributed by atoms with Gasteiger partial charge in [0.05, 0.1) is 10.6 Å². The fourth-order valence-electron chi connectivity index (χ4n) is 2.73. The van der Waals surface area contributed by atoms with Gasteiger partial charge in [-0.05, 0) is 25.1 Å². The van der Waals surface area contributed by atoms with Crippen molar-refractivity contribution < 1.29 is 9.18 Å². The minimum Gasteiger partial charge on any atom is -0.336 e. The number of thiazole rings is 1. The molecule has 0 spiro atoms. The van der Waals surface area contributed by atoms with Gasteiger partial charge in [-0.15, -0.1) is 11.3 Å². The molecule has 0 radical (unpaired) electrons. The Labute approximate surface area is 144 Å². The summed E-state index contributed by atoms with van der Waals surface area (Å²) in [6, 6.07) is 5.70. The second kappa shape index (κ2) is 7.07.